The molecule has 0 saturated heterocycles. The molecule has 1 amide bonds. The standard InChI is InChI=1S/C21H17F2N3O4S/c22-17-6-14(31(24,28)29)7-18(23)16(17)9-26-20-13(10-30-21(26)27)8-25-19-5-12(11-1-2-11)3-4-15(19)20/h3-8,11H,1-2,9-10H2,(H2,24,28,29). The topological polar surface area (TPSA) is 103 Å². The van der Waals surface area contributed by atoms with Crippen LogP contribution in [0.3, 0.4) is 0 Å². The maximum Gasteiger partial charge on any atom is 0.414 e. The van der Waals surface area contributed by atoms with E-state index in [-0.39, 0.29) is 6.61 Å². The number of hydrogen-bond acceptors (Lipinski definition) is 5. The molecule has 2 aromatic carbocycles. The molecule has 1 aliphatic heterocycles. The van der Waals surface area contributed by atoms with Gasteiger partial charge in [-0.3, -0.25) is 9.88 Å². The minimum absolute atomic E-state index is 0.00664. The molecule has 3 aromatic rings. The molecular weight excluding hydrogens is 428 g/mol. The fourth-order valence-electron chi connectivity index (χ4n) is 3.84. The van der Waals surface area contributed by atoms with Crippen LogP contribution in [0, 0.1) is 11.6 Å². The summed E-state index contributed by atoms with van der Waals surface area (Å²) in [5.74, 6) is -1.74. The quantitative estimate of drug-likeness (QED) is 0.660. The van der Waals surface area contributed by atoms with Gasteiger partial charge in [-0.15, -0.1) is 0 Å². The van der Waals surface area contributed by atoms with Crippen molar-refractivity contribution in [3.63, 3.8) is 0 Å². The lowest BCUT2D eigenvalue weighted by atomic mass is 10.0. The molecule has 0 atom stereocenters. The SMILES string of the molecule is NS(=O)(=O)c1cc(F)c(CN2C(=O)OCc3cnc4cc(C5CC5)ccc4c32)c(F)c1. The molecule has 0 radical (unpaired) electrons. The lowest BCUT2D eigenvalue weighted by Crippen LogP contribution is -2.36. The minimum Gasteiger partial charge on any atom is -0.444 e. The van der Waals surface area contributed by atoms with E-state index in [0.717, 1.165) is 17.7 Å². The fourth-order valence-corrected chi connectivity index (χ4v) is 4.37. The highest BCUT2D eigenvalue weighted by molar-refractivity contribution is 7.89. The number of hydrogen-bond donors (Lipinski definition) is 1. The van der Waals surface area contributed by atoms with E-state index in [1.807, 2.05) is 18.2 Å². The monoisotopic (exact) mass is 445 g/mol. The van der Waals surface area contributed by atoms with Gasteiger partial charge in [0.15, 0.2) is 0 Å². The molecule has 2 aliphatic rings. The van der Waals surface area contributed by atoms with Gasteiger partial charge in [0, 0.05) is 22.7 Å². The van der Waals surface area contributed by atoms with Crippen LogP contribution in [0.1, 0.15) is 35.4 Å². The summed E-state index contributed by atoms with van der Waals surface area (Å²) < 4.78 is 57.2. The number of aromatic nitrogens is 1. The molecule has 0 spiro atoms. The van der Waals surface area contributed by atoms with E-state index < -0.39 is 44.8 Å². The van der Waals surface area contributed by atoms with Crippen LogP contribution in [0.4, 0.5) is 19.3 Å². The second-order valence-corrected chi connectivity index (χ2v) is 9.30. The molecule has 2 N–H and O–H groups in total. The van der Waals surface area contributed by atoms with Crippen molar-refractivity contribution >= 4 is 32.7 Å². The molecule has 1 aliphatic carbocycles. The summed E-state index contributed by atoms with van der Waals surface area (Å²) in [6.07, 6.45) is 3.08. The third-order valence-corrected chi connectivity index (χ3v) is 6.48. The number of amides is 1. The summed E-state index contributed by atoms with van der Waals surface area (Å²) in [5, 5.41) is 5.63. The predicted octanol–water partition coefficient (Wildman–Crippen LogP) is 3.69. The number of ether oxygens (including phenoxy) is 1. The van der Waals surface area contributed by atoms with E-state index in [2.05, 4.69) is 4.98 Å². The number of carbonyl (C=O) groups is 1. The normalized spacial score (nSPS) is 16.4. The van der Waals surface area contributed by atoms with Gasteiger partial charge in [-0.05, 0) is 42.5 Å². The number of cyclic esters (lactones) is 1. The zero-order chi connectivity index (χ0) is 21.9. The van der Waals surface area contributed by atoms with Crippen LogP contribution in [0.2, 0.25) is 0 Å². The largest absolute Gasteiger partial charge is 0.444 e. The minimum atomic E-state index is -4.29. The van der Waals surface area contributed by atoms with Crippen molar-refractivity contribution in [3.05, 3.63) is 64.9 Å². The Labute approximate surface area is 176 Å². The first-order valence-electron chi connectivity index (χ1n) is 9.59. The highest BCUT2D eigenvalue weighted by Gasteiger charge is 2.31. The Bertz CT molecular complexity index is 1330. The van der Waals surface area contributed by atoms with Crippen molar-refractivity contribution in [2.24, 2.45) is 5.14 Å². The van der Waals surface area contributed by atoms with Gasteiger partial charge in [0.25, 0.3) is 0 Å². The van der Waals surface area contributed by atoms with Crippen molar-refractivity contribution in [3.8, 4) is 0 Å². The first-order chi connectivity index (χ1) is 14.7. The van der Waals surface area contributed by atoms with Crippen molar-refractivity contribution in [1.29, 1.82) is 0 Å². The molecule has 1 saturated carbocycles. The van der Waals surface area contributed by atoms with Gasteiger partial charge in [-0.2, -0.15) is 0 Å². The number of benzene rings is 2. The highest BCUT2D eigenvalue weighted by Crippen LogP contribution is 2.42. The van der Waals surface area contributed by atoms with Gasteiger partial charge in [-0.25, -0.2) is 27.1 Å². The predicted molar refractivity (Wildman–Crippen MR) is 108 cm³/mol. The molecular formula is C21H17F2N3O4S. The summed E-state index contributed by atoms with van der Waals surface area (Å²) in [4.78, 5) is 17.5. The van der Waals surface area contributed by atoms with Crippen LogP contribution in [0.5, 0.6) is 0 Å². The molecule has 0 bridgehead atoms. The van der Waals surface area contributed by atoms with Crippen LogP contribution in [0.25, 0.3) is 10.9 Å². The first-order valence-corrected chi connectivity index (χ1v) is 11.1. The number of rotatable bonds is 4. The van der Waals surface area contributed by atoms with E-state index >= 15 is 0 Å². The van der Waals surface area contributed by atoms with Crippen LogP contribution in [-0.2, 0) is 27.9 Å². The van der Waals surface area contributed by atoms with Crippen LogP contribution in [-0.4, -0.2) is 19.5 Å². The molecule has 7 nitrogen and oxygen atoms in total. The van der Waals surface area contributed by atoms with Gasteiger partial charge in [0.05, 0.1) is 22.6 Å². The van der Waals surface area contributed by atoms with E-state index in [0.29, 0.717) is 40.2 Å². The molecule has 10 heteroatoms. The lowest BCUT2D eigenvalue weighted by Gasteiger charge is -2.30. The number of carbonyl (C=O) groups excluding carboxylic acids is 1. The summed E-state index contributed by atoms with van der Waals surface area (Å²) in [5.41, 5.74) is 2.44. The number of halogens is 2. The summed E-state index contributed by atoms with van der Waals surface area (Å²) in [7, 11) is -4.29. The Morgan fingerprint density at radius 2 is 1.87 bits per heavy atom. The number of anilines is 1. The van der Waals surface area contributed by atoms with Crippen LogP contribution < -0.4 is 10.0 Å². The van der Waals surface area contributed by atoms with Crippen molar-refractivity contribution in [2.45, 2.75) is 36.8 Å². The highest BCUT2D eigenvalue weighted by atomic mass is 32.2. The maximum atomic E-state index is 14.6. The Hall–Kier alpha value is -3.11. The van der Waals surface area contributed by atoms with E-state index in [1.165, 1.54) is 5.56 Å². The number of pyridine rings is 1. The Morgan fingerprint density at radius 1 is 1.16 bits per heavy atom. The smallest absolute Gasteiger partial charge is 0.414 e. The Kier molecular flexibility index (Phi) is 4.45. The van der Waals surface area contributed by atoms with Crippen molar-refractivity contribution in [2.75, 3.05) is 4.90 Å². The average molecular weight is 445 g/mol. The number of nitrogens with two attached hydrogens (primary N) is 1. The Morgan fingerprint density at radius 3 is 2.52 bits per heavy atom. The first kappa shape index (κ1) is 19.8. The van der Waals surface area contributed by atoms with Gasteiger partial charge >= 0.3 is 6.09 Å². The maximum absolute atomic E-state index is 14.6. The van der Waals surface area contributed by atoms with Crippen molar-refractivity contribution < 1.29 is 26.7 Å². The number of nitrogens with zero attached hydrogens (tertiary/aromatic N) is 2. The van der Waals surface area contributed by atoms with Gasteiger partial charge in [-0.1, -0.05) is 12.1 Å². The van der Waals surface area contributed by atoms with E-state index in [4.69, 9.17) is 9.88 Å². The van der Waals surface area contributed by atoms with Crippen molar-refractivity contribution in [1.82, 2.24) is 4.98 Å². The number of primary sulfonamides is 1. The molecule has 31 heavy (non-hydrogen) atoms. The van der Waals surface area contributed by atoms with Gasteiger partial charge in [0.2, 0.25) is 10.0 Å². The zero-order valence-electron chi connectivity index (χ0n) is 16.1. The van der Waals surface area contributed by atoms with E-state index in [1.54, 1.807) is 6.20 Å². The second kappa shape index (κ2) is 6.96. The molecule has 160 valence electrons. The molecule has 2 heterocycles. The number of sulfonamides is 1. The summed E-state index contributed by atoms with van der Waals surface area (Å²) in [6, 6.07) is 7.07. The molecule has 0 unspecified atom stereocenters. The molecule has 5 rings (SSSR count). The van der Waals surface area contributed by atoms with Crippen LogP contribution in [0.15, 0.2) is 41.4 Å². The lowest BCUT2D eigenvalue weighted by molar-refractivity contribution is 0.141. The van der Waals surface area contributed by atoms with E-state index in [9.17, 15) is 22.0 Å². The molecule has 1 aromatic heterocycles. The zero-order valence-corrected chi connectivity index (χ0v) is 17.0. The number of fused-ring (bicyclic) bond motifs is 3. The van der Waals surface area contributed by atoms with Gasteiger partial charge in [0.1, 0.15) is 18.2 Å². The fraction of sp³-hybridized carbons (Fsp3) is 0.238. The average Bonchev–Trinajstić information content (AvgIpc) is 3.56. The Balaban J connectivity index is 1.61. The van der Waals surface area contributed by atoms with Gasteiger partial charge < -0.3 is 4.74 Å². The summed E-state index contributed by atoms with van der Waals surface area (Å²) >= 11 is 0. The second-order valence-electron chi connectivity index (χ2n) is 7.73. The third-order valence-electron chi connectivity index (χ3n) is 5.59. The summed E-state index contributed by atoms with van der Waals surface area (Å²) in [6.45, 7) is -0.495. The van der Waals surface area contributed by atoms with Crippen LogP contribution >= 0.6 is 0 Å². The third kappa shape index (κ3) is 3.51. The molecule has 1 fully saturated rings.